The first kappa shape index (κ1) is 15.5. The van der Waals surface area contributed by atoms with E-state index in [1.54, 1.807) is 6.07 Å². The number of halogens is 1. The highest BCUT2D eigenvalue weighted by Gasteiger charge is 2.36. The molecule has 0 aliphatic heterocycles. The van der Waals surface area contributed by atoms with Gasteiger partial charge >= 0.3 is 0 Å². The summed E-state index contributed by atoms with van der Waals surface area (Å²) >= 11 is 0. The molecule has 2 rings (SSSR count). The van der Waals surface area contributed by atoms with Crippen molar-refractivity contribution < 1.29 is 4.39 Å². The molecule has 0 saturated heterocycles. The van der Waals surface area contributed by atoms with Crippen LogP contribution < -0.4 is 5.73 Å². The molecule has 112 valence electrons. The van der Waals surface area contributed by atoms with Gasteiger partial charge in [0.25, 0.3) is 0 Å². The van der Waals surface area contributed by atoms with Crippen LogP contribution in [-0.2, 0) is 0 Å². The zero-order valence-electron chi connectivity index (χ0n) is 13.2. The predicted molar refractivity (Wildman–Crippen MR) is 83.2 cm³/mol. The van der Waals surface area contributed by atoms with E-state index < -0.39 is 0 Å². The topological polar surface area (TPSA) is 26.0 Å². The summed E-state index contributed by atoms with van der Waals surface area (Å²) in [6.07, 6.45) is 3.54. The zero-order valence-corrected chi connectivity index (χ0v) is 13.2. The first-order valence-electron chi connectivity index (χ1n) is 7.79. The number of aryl methyl sites for hydroxylation is 1. The van der Waals surface area contributed by atoms with Crippen LogP contribution in [0, 0.1) is 30.0 Å². The van der Waals surface area contributed by atoms with Crippen LogP contribution in [0.5, 0.6) is 0 Å². The monoisotopic (exact) mass is 277 g/mol. The van der Waals surface area contributed by atoms with Crippen molar-refractivity contribution in [2.75, 3.05) is 6.54 Å². The molecule has 1 aliphatic rings. The average molecular weight is 277 g/mol. The maximum Gasteiger partial charge on any atom is 0.126 e. The predicted octanol–water partition coefficient (Wildman–Crippen LogP) is 4.64. The van der Waals surface area contributed by atoms with Crippen molar-refractivity contribution in [1.29, 1.82) is 0 Å². The normalized spacial score (nSPS) is 27.6. The van der Waals surface area contributed by atoms with Gasteiger partial charge in [0.2, 0.25) is 0 Å². The van der Waals surface area contributed by atoms with Crippen molar-refractivity contribution >= 4 is 0 Å². The second-order valence-corrected chi connectivity index (χ2v) is 7.49. The van der Waals surface area contributed by atoms with E-state index in [-0.39, 0.29) is 5.82 Å². The second-order valence-electron chi connectivity index (χ2n) is 7.49. The third-order valence-corrected chi connectivity index (χ3v) is 5.14. The van der Waals surface area contributed by atoms with Crippen molar-refractivity contribution in [3.05, 3.63) is 35.1 Å². The van der Waals surface area contributed by atoms with Gasteiger partial charge in [-0.2, -0.15) is 0 Å². The Labute approximate surface area is 122 Å². The molecule has 3 unspecified atom stereocenters. The highest BCUT2D eigenvalue weighted by atomic mass is 19.1. The first-order chi connectivity index (χ1) is 9.32. The molecule has 0 aromatic heterocycles. The van der Waals surface area contributed by atoms with E-state index in [1.807, 2.05) is 13.0 Å². The van der Waals surface area contributed by atoms with E-state index in [0.29, 0.717) is 29.7 Å². The van der Waals surface area contributed by atoms with Gasteiger partial charge in [0.1, 0.15) is 5.82 Å². The van der Waals surface area contributed by atoms with Crippen molar-refractivity contribution in [1.82, 2.24) is 0 Å². The van der Waals surface area contributed by atoms with Gasteiger partial charge in [0, 0.05) is 0 Å². The summed E-state index contributed by atoms with van der Waals surface area (Å²) in [6.45, 7) is 9.46. The largest absolute Gasteiger partial charge is 0.330 e. The Hall–Kier alpha value is -0.890. The fraction of sp³-hybridized carbons (Fsp3) is 0.667. The Morgan fingerprint density at radius 1 is 1.25 bits per heavy atom. The fourth-order valence-electron chi connectivity index (χ4n) is 3.55. The second kappa shape index (κ2) is 5.85. The summed E-state index contributed by atoms with van der Waals surface area (Å²) in [5.74, 6) is 1.51. The third-order valence-electron chi connectivity index (χ3n) is 5.14. The summed E-state index contributed by atoms with van der Waals surface area (Å²) in [5.41, 5.74) is 8.14. The average Bonchev–Trinajstić information content (AvgIpc) is 2.40. The van der Waals surface area contributed by atoms with Crippen LogP contribution >= 0.6 is 0 Å². The van der Waals surface area contributed by atoms with Gasteiger partial charge < -0.3 is 5.73 Å². The van der Waals surface area contributed by atoms with Gasteiger partial charge in [-0.1, -0.05) is 32.9 Å². The lowest BCUT2D eigenvalue weighted by Crippen LogP contribution is -2.34. The van der Waals surface area contributed by atoms with E-state index in [9.17, 15) is 4.39 Å². The number of rotatable bonds is 2. The standard InChI is InChI=1S/C18H28FN/c1-12-5-6-13(9-17(12)19)16-10-15(18(2,3)4)8-7-14(16)11-20/h5-6,9,14-16H,7-8,10-11,20H2,1-4H3. The van der Waals surface area contributed by atoms with Gasteiger partial charge in [-0.05, 0) is 73.1 Å². The smallest absolute Gasteiger partial charge is 0.126 e. The highest BCUT2D eigenvalue weighted by molar-refractivity contribution is 5.27. The van der Waals surface area contributed by atoms with Crippen LogP contribution in [0.4, 0.5) is 4.39 Å². The number of benzene rings is 1. The highest BCUT2D eigenvalue weighted by Crippen LogP contribution is 2.46. The van der Waals surface area contributed by atoms with Crippen LogP contribution in [0.3, 0.4) is 0 Å². The maximum absolute atomic E-state index is 13.9. The van der Waals surface area contributed by atoms with Crippen molar-refractivity contribution in [2.24, 2.45) is 23.0 Å². The lowest BCUT2D eigenvalue weighted by molar-refractivity contribution is 0.133. The van der Waals surface area contributed by atoms with E-state index in [1.165, 1.54) is 12.8 Å². The number of hydrogen-bond donors (Lipinski definition) is 1. The Bertz CT molecular complexity index is 461. The molecule has 20 heavy (non-hydrogen) atoms. The number of nitrogens with two attached hydrogens (primary N) is 1. The molecule has 1 nitrogen and oxygen atoms in total. The SMILES string of the molecule is Cc1ccc(C2CC(C(C)(C)C)CCC2CN)cc1F. The van der Waals surface area contributed by atoms with Crippen LogP contribution in [0.2, 0.25) is 0 Å². The molecule has 1 aromatic rings. The lowest BCUT2D eigenvalue weighted by atomic mass is 9.64. The summed E-state index contributed by atoms with van der Waals surface area (Å²) < 4.78 is 13.9. The molecule has 3 atom stereocenters. The van der Waals surface area contributed by atoms with Gasteiger partial charge in [-0.3, -0.25) is 0 Å². The van der Waals surface area contributed by atoms with Gasteiger partial charge in [-0.25, -0.2) is 4.39 Å². The molecular formula is C18H28FN. The molecule has 1 fully saturated rings. The molecule has 1 aliphatic carbocycles. The molecule has 0 bridgehead atoms. The Balaban J connectivity index is 2.27. The third kappa shape index (κ3) is 3.22. The van der Waals surface area contributed by atoms with E-state index in [0.717, 1.165) is 17.5 Å². The van der Waals surface area contributed by atoms with E-state index in [2.05, 4.69) is 26.8 Å². The van der Waals surface area contributed by atoms with Gasteiger partial charge in [0.15, 0.2) is 0 Å². The van der Waals surface area contributed by atoms with Crippen molar-refractivity contribution in [3.8, 4) is 0 Å². The minimum atomic E-state index is -0.0869. The summed E-state index contributed by atoms with van der Waals surface area (Å²) in [5, 5.41) is 0. The lowest BCUT2D eigenvalue weighted by Gasteiger charge is -2.42. The molecule has 2 N–H and O–H groups in total. The summed E-state index contributed by atoms with van der Waals surface area (Å²) in [7, 11) is 0. The quantitative estimate of drug-likeness (QED) is 0.837. The Morgan fingerprint density at radius 3 is 2.50 bits per heavy atom. The van der Waals surface area contributed by atoms with Crippen molar-refractivity contribution in [3.63, 3.8) is 0 Å². The summed E-state index contributed by atoms with van der Waals surface area (Å²) in [4.78, 5) is 0. The van der Waals surface area contributed by atoms with Crippen LogP contribution in [0.25, 0.3) is 0 Å². The molecule has 1 saturated carbocycles. The van der Waals surface area contributed by atoms with Crippen LogP contribution in [0.15, 0.2) is 18.2 Å². The molecule has 2 heteroatoms. The molecule has 0 radical (unpaired) electrons. The van der Waals surface area contributed by atoms with Crippen LogP contribution in [0.1, 0.15) is 57.1 Å². The minimum Gasteiger partial charge on any atom is -0.330 e. The fourth-order valence-corrected chi connectivity index (χ4v) is 3.55. The maximum atomic E-state index is 13.9. The van der Waals surface area contributed by atoms with Crippen LogP contribution in [-0.4, -0.2) is 6.54 Å². The molecule has 1 aromatic carbocycles. The zero-order chi connectivity index (χ0) is 14.9. The van der Waals surface area contributed by atoms with Gasteiger partial charge in [-0.15, -0.1) is 0 Å². The first-order valence-corrected chi connectivity index (χ1v) is 7.79. The molecular weight excluding hydrogens is 249 g/mol. The van der Waals surface area contributed by atoms with Gasteiger partial charge in [0.05, 0.1) is 0 Å². The Kier molecular flexibility index (Phi) is 4.53. The molecule has 0 amide bonds. The van der Waals surface area contributed by atoms with E-state index in [4.69, 9.17) is 5.73 Å². The minimum absolute atomic E-state index is 0.0869. The van der Waals surface area contributed by atoms with Crippen molar-refractivity contribution in [2.45, 2.75) is 52.9 Å². The molecule has 0 heterocycles. The summed E-state index contributed by atoms with van der Waals surface area (Å²) in [6, 6.07) is 5.73. The Morgan fingerprint density at radius 2 is 1.95 bits per heavy atom. The molecule has 0 spiro atoms. The number of hydrogen-bond acceptors (Lipinski definition) is 1. The van der Waals surface area contributed by atoms with E-state index >= 15 is 0 Å².